The van der Waals surface area contributed by atoms with Gasteiger partial charge in [-0.3, -0.25) is 14.4 Å². The second-order valence-electron chi connectivity index (χ2n) is 8.06. The first-order valence-electron chi connectivity index (χ1n) is 9.93. The predicted octanol–water partition coefficient (Wildman–Crippen LogP) is 2.04. The van der Waals surface area contributed by atoms with Gasteiger partial charge < -0.3 is 4.90 Å². The number of carbonyl (C=O) groups excluding carboxylic acids is 1. The minimum Gasteiger partial charge on any atom is -0.337 e. The Kier molecular flexibility index (Phi) is 4.38. The molecule has 1 aromatic carbocycles. The van der Waals surface area contributed by atoms with E-state index < -0.39 is 11.6 Å². The van der Waals surface area contributed by atoms with Crippen molar-refractivity contribution >= 4 is 5.91 Å². The SMILES string of the molecule is O=C(CCn1cncn1)N1C[C@H](c2cccc(F)c2F)[C@H]2[C@@H]1C1CCN2CC1. The van der Waals surface area contributed by atoms with Crippen LogP contribution in [0.15, 0.2) is 30.9 Å². The van der Waals surface area contributed by atoms with Crippen LogP contribution >= 0.6 is 0 Å². The lowest BCUT2D eigenvalue weighted by molar-refractivity contribution is -0.136. The molecule has 0 radical (unpaired) electrons. The molecule has 5 heterocycles. The lowest BCUT2D eigenvalue weighted by Gasteiger charge is -2.51. The molecule has 0 N–H and O–H groups in total. The number of nitrogens with zero attached hydrogens (tertiary/aromatic N) is 5. The fourth-order valence-corrected chi connectivity index (χ4v) is 5.49. The molecule has 2 bridgehead atoms. The zero-order chi connectivity index (χ0) is 19.3. The van der Waals surface area contributed by atoms with Crippen LogP contribution in [0.25, 0.3) is 0 Å². The van der Waals surface area contributed by atoms with E-state index in [1.807, 2.05) is 4.90 Å². The van der Waals surface area contributed by atoms with Crippen molar-refractivity contribution in [2.24, 2.45) is 5.92 Å². The van der Waals surface area contributed by atoms with Gasteiger partial charge in [0.15, 0.2) is 11.6 Å². The molecule has 6 nitrogen and oxygen atoms in total. The average Bonchev–Trinajstić information content (AvgIpc) is 3.38. The number of piperidine rings is 3. The van der Waals surface area contributed by atoms with Crippen LogP contribution in [-0.2, 0) is 11.3 Å². The first-order valence-corrected chi connectivity index (χ1v) is 9.93. The van der Waals surface area contributed by atoms with Gasteiger partial charge in [0.1, 0.15) is 12.7 Å². The minimum atomic E-state index is -0.819. The summed E-state index contributed by atoms with van der Waals surface area (Å²) in [6, 6.07) is 4.54. The van der Waals surface area contributed by atoms with Crippen molar-refractivity contribution in [2.75, 3.05) is 19.6 Å². The monoisotopic (exact) mass is 387 g/mol. The summed E-state index contributed by atoms with van der Waals surface area (Å²) in [5.41, 5.74) is 0.397. The van der Waals surface area contributed by atoms with Crippen LogP contribution in [-0.4, -0.2) is 62.2 Å². The van der Waals surface area contributed by atoms with E-state index in [0.717, 1.165) is 32.0 Å². The van der Waals surface area contributed by atoms with Gasteiger partial charge in [-0.25, -0.2) is 13.8 Å². The van der Waals surface area contributed by atoms with Crippen molar-refractivity contribution in [2.45, 2.75) is 43.8 Å². The topological polar surface area (TPSA) is 54.3 Å². The molecule has 4 aliphatic heterocycles. The van der Waals surface area contributed by atoms with Crippen molar-refractivity contribution in [1.29, 1.82) is 0 Å². The Morgan fingerprint density at radius 3 is 2.75 bits per heavy atom. The molecule has 2 aromatic rings. The summed E-state index contributed by atoms with van der Waals surface area (Å²) in [5, 5.41) is 4.05. The highest BCUT2D eigenvalue weighted by atomic mass is 19.2. The normalized spacial score (nSPS) is 31.2. The zero-order valence-electron chi connectivity index (χ0n) is 15.5. The van der Waals surface area contributed by atoms with Gasteiger partial charge in [0.25, 0.3) is 0 Å². The molecule has 0 spiro atoms. The number of rotatable bonds is 4. The Bertz CT molecular complexity index is 865. The number of amides is 1. The summed E-state index contributed by atoms with van der Waals surface area (Å²) in [5.74, 6) is -1.29. The van der Waals surface area contributed by atoms with Crippen molar-refractivity contribution < 1.29 is 13.6 Å². The van der Waals surface area contributed by atoms with E-state index in [1.54, 1.807) is 23.1 Å². The van der Waals surface area contributed by atoms with Crippen molar-refractivity contribution in [3.63, 3.8) is 0 Å². The molecule has 4 saturated heterocycles. The lowest BCUT2D eigenvalue weighted by atomic mass is 9.75. The van der Waals surface area contributed by atoms with Crippen molar-refractivity contribution in [3.05, 3.63) is 48.1 Å². The second-order valence-corrected chi connectivity index (χ2v) is 8.06. The summed E-state index contributed by atoms with van der Waals surface area (Å²) in [4.78, 5) is 21.3. The molecule has 8 heteroatoms. The molecule has 0 aliphatic carbocycles. The van der Waals surface area contributed by atoms with Gasteiger partial charge in [0, 0.05) is 24.9 Å². The van der Waals surface area contributed by atoms with E-state index in [4.69, 9.17) is 0 Å². The highest BCUT2D eigenvalue weighted by Gasteiger charge is 2.55. The number of carbonyl (C=O) groups is 1. The van der Waals surface area contributed by atoms with Gasteiger partial charge in [0.2, 0.25) is 5.91 Å². The Morgan fingerprint density at radius 1 is 1.18 bits per heavy atom. The third kappa shape index (κ3) is 2.82. The van der Waals surface area contributed by atoms with Gasteiger partial charge in [0.05, 0.1) is 12.6 Å². The maximum atomic E-state index is 14.6. The molecule has 4 aliphatic rings. The highest BCUT2D eigenvalue weighted by Crippen LogP contribution is 2.47. The summed E-state index contributed by atoms with van der Waals surface area (Å²) >= 11 is 0. The van der Waals surface area contributed by atoms with E-state index in [0.29, 0.717) is 31.0 Å². The van der Waals surface area contributed by atoms with E-state index in [-0.39, 0.29) is 23.9 Å². The summed E-state index contributed by atoms with van der Waals surface area (Å²) < 4.78 is 30.1. The van der Waals surface area contributed by atoms with Crippen molar-refractivity contribution in [3.8, 4) is 0 Å². The van der Waals surface area contributed by atoms with E-state index >= 15 is 0 Å². The maximum absolute atomic E-state index is 14.6. The van der Waals surface area contributed by atoms with Crippen LogP contribution < -0.4 is 0 Å². The zero-order valence-corrected chi connectivity index (χ0v) is 15.5. The Hall–Kier alpha value is -2.35. The van der Waals surface area contributed by atoms with Gasteiger partial charge >= 0.3 is 0 Å². The molecule has 4 fully saturated rings. The third-order valence-corrected chi connectivity index (χ3v) is 6.72. The first-order chi connectivity index (χ1) is 13.6. The Balaban J connectivity index is 1.43. The fraction of sp³-hybridized carbons (Fsp3) is 0.550. The van der Waals surface area contributed by atoms with Crippen molar-refractivity contribution in [1.82, 2.24) is 24.6 Å². The van der Waals surface area contributed by atoms with Crippen LogP contribution in [0.3, 0.4) is 0 Å². The minimum absolute atomic E-state index is 0.0542. The number of hydrogen-bond donors (Lipinski definition) is 0. The highest BCUT2D eigenvalue weighted by molar-refractivity contribution is 5.77. The van der Waals surface area contributed by atoms with E-state index in [9.17, 15) is 13.6 Å². The fourth-order valence-electron chi connectivity index (χ4n) is 5.49. The molecule has 28 heavy (non-hydrogen) atoms. The third-order valence-electron chi connectivity index (χ3n) is 6.72. The summed E-state index contributed by atoms with van der Waals surface area (Å²) in [6.07, 6.45) is 5.50. The second kappa shape index (κ2) is 6.92. The number of likely N-dealkylation sites (tertiary alicyclic amines) is 1. The molecular weight excluding hydrogens is 364 g/mol. The number of halogens is 2. The molecule has 0 unspecified atom stereocenters. The van der Waals surface area contributed by atoms with Crippen LogP contribution in [0.2, 0.25) is 0 Å². The maximum Gasteiger partial charge on any atom is 0.224 e. The van der Waals surface area contributed by atoms with Gasteiger partial charge in [-0.2, -0.15) is 5.10 Å². The van der Waals surface area contributed by atoms with Crippen LogP contribution in [0, 0.1) is 17.6 Å². The van der Waals surface area contributed by atoms with Gasteiger partial charge in [-0.05, 0) is 43.5 Å². The van der Waals surface area contributed by atoms with Crippen LogP contribution in [0.4, 0.5) is 8.78 Å². The summed E-state index contributed by atoms with van der Waals surface area (Å²) in [7, 11) is 0. The quantitative estimate of drug-likeness (QED) is 0.806. The molecule has 148 valence electrons. The molecule has 6 rings (SSSR count). The Labute approximate surface area is 162 Å². The molecule has 1 amide bonds. The summed E-state index contributed by atoms with van der Waals surface area (Å²) in [6.45, 7) is 2.86. The number of fused-ring (bicyclic) bond motifs is 2. The standard InChI is InChI=1S/C20H23F2N5O/c21-16-3-1-2-14(18(16)22)15-10-27(17(28)6-9-26-12-23-11-24-26)19-13-4-7-25(8-5-13)20(15)19/h1-3,11-13,15,19-20H,4-10H2/t15-,19+,20+/m1/s1. The van der Waals surface area contributed by atoms with Gasteiger partial charge in [-0.1, -0.05) is 12.1 Å². The molecule has 3 atom stereocenters. The largest absolute Gasteiger partial charge is 0.337 e. The molecule has 1 aromatic heterocycles. The average molecular weight is 387 g/mol. The molecule has 0 saturated carbocycles. The van der Waals surface area contributed by atoms with Gasteiger partial charge in [-0.15, -0.1) is 0 Å². The van der Waals surface area contributed by atoms with E-state index in [1.165, 1.54) is 6.33 Å². The Morgan fingerprint density at radius 2 is 2.00 bits per heavy atom. The van der Waals surface area contributed by atoms with E-state index in [2.05, 4.69) is 15.0 Å². The number of benzene rings is 1. The van der Waals surface area contributed by atoms with Crippen LogP contribution in [0.5, 0.6) is 0 Å². The number of aryl methyl sites for hydroxylation is 1. The molecular formula is C20H23F2N5O. The lowest BCUT2D eigenvalue weighted by Crippen LogP contribution is -2.60. The van der Waals surface area contributed by atoms with Crippen LogP contribution in [0.1, 0.15) is 30.7 Å². The number of hydrogen-bond acceptors (Lipinski definition) is 4. The smallest absolute Gasteiger partial charge is 0.224 e. The predicted molar refractivity (Wildman–Crippen MR) is 97.3 cm³/mol. The first kappa shape index (κ1) is 17.7. The number of aromatic nitrogens is 3.